The van der Waals surface area contributed by atoms with Crippen LogP contribution < -0.4 is 5.73 Å². The highest BCUT2D eigenvalue weighted by Gasteiger charge is 2.45. The Balaban J connectivity index is 2.06. The van der Waals surface area contributed by atoms with Crippen molar-refractivity contribution < 1.29 is 18.8 Å². The van der Waals surface area contributed by atoms with Gasteiger partial charge in [-0.15, -0.1) is 0 Å². The van der Waals surface area contributed by atoms with E-state index in [-0.39, 0.29) is 5.78 Å². The van der Waals surface area contributed by atoms with E-state index in [1.807, 2.05) is 50.2 Å². The minimum Gasteiger partial charge on any atom is -0.478 e. The molecule has 0 aromatic heterocycles. The predicted octanol–water partition coefficient (Wildman–Crippen LogP) is 4.49. The number of carbonyl (C=O) groups is 1. The van der Waals surface area contributed by atoms with E-state index in [9.17, 15) is 4.79 Å². The number of nitrogens with two attached hydrogens (primary N) is 1. The Labute approximate surface area is 157 Å². The third kappa shape index (κ3) is 3.49. The zero-order valence-corrected chi connectivity index (χ0v) is 15.8. The largest absolute Gasteiger partial charge is 0.478 e. The number of ketones is 1. The van der Waals surface area contributed by atoms with E-state index in [2.05, 4.69) is 4.89 Å². The van der Waals surface area contributed by atoms with Crippen LogP contribution in [0.25, 0.3) is 11.3 Å². The van der Waals surface area contributed by atoms with Gasteiger partial charge in [-0.25, -0.2) is 4.89 Å². The molecule has 2 aromatic carbocycles. The molecular formula is C20H21NO4S. The maximum absolute atomic E-state index is 13.1. The zero-order chi connectivity index (χ0) is 18.7. The Morgan fingerprint density at radius 1 is 1.15 bits per heavy atom. The molecule has 0 spiro atoms. The molecule has 3 rings (SSSR count). The second kappa shape index (κ2) is 7.53. The molecule has 0 aliphatic carbocycles. The van der Waals surface area contributed by atoms with Crippen LogP contribution in [0.1, 0.15) is 31.4 Å². The number of carbonyl (C=O) groups excluding carboxylic acids is 1. The minimum absolute atomic E-state index is 0.0261. The third-order valence-electron chi connectivity index (χ3n) is 4.43. The average Bonchev–Trinajstić information content (AvgIpc) is 2.92. The molecule has 1 aliphatic rings. The van der Waals surface area contributed by atoms with Crippen molar-refractivity contribution in [2.24, 2.45) is 0 Å². The van der Waals surface area contributed by atoms with Crippen molar-refractivity contribution in [3.8, 4) is 0 Å². The first kappa shape index (κ1) is 18.5. The van der Waals surface area contributed by atoms with E-state index in [0.29, 0.717) is 23.4 Å². The number of hydrogen-bond donors (Lipinski definition) is 1. The summed E-state index contributed by atoms with van der Waals surface area (Å²) >= 11 is 1.11. The predicted molar refractivity (Wildman–Crippen MR) is 103 cm³/mol. The fraction of sp³-hybridized carbons (Fsp3) is 0.250. The summed E-state index contributed by atoms with van der Waals surface area (Å²) in [5.41, 5.74) is 7.81. The molecule has 5 nitrogen and oxygen atoms in total. The molecule has 2 N–H and O–H groups in total. The molecule has 0 radical (unpaired) electrons. The Morgan fingerprint density at radius 3 is 2.50 bits per heavy atom. The zero-order valence-electron chi connectivity index (χ0n) is 14.9. The normalized spacial score (nSPS) is 19.7. The lowest BCUT2D eigenvalue weighted by atomic mass is 9.90. The van der Waals surface area contributed by atoms with Gasteiger partial charge in [-0.1, -0.05) is 31.2 Å². The van der Waals surface area contributed by atoms with Gasteiger partial charge in [-0.05, 0) is 43.2 Å². The summed E-state index contributed by atoms with van der Waals surface area (Å²) in [7, 11) is 1.45. The molecule has 0 saturated heterocycles. The van der Waals surface area contributed by atoms with Gasteiger partial charge in [0.25, 0.3) is 0 Å². The van der Waals surface area contributed by atoms with Crippen molar-refractivity contribution in [3.63, 3.8) is 0 Å². The first-order valence-corrected chi connectivity index (χ1v) is 9.04. The highest BCUT2D eigenvalue weighted by atomic mass is 32.2. The fourth-order valence-corrected chi connectivity index (χ4v) is 3.21. The number of ether oxygens (including phenoxy) is 1. The molecule has 1 heterocycles. The van der Waals surface area contributed by atoms with Gasteiger partial charge in [0.05, 0.1) is 24.7 Å². The summed E-state index contributed by atoms with van der Waals surface area (Å²) in [6.07, 6.45) is 0.580. The van der Waals surface area contributed by atoms with Crippen LogP contribution in [0.3, 0.4) is 0 Å². The maximum atomic E-state index is 13.1. The van der Waals surface area contributed by atoms with Crippen LogP contribution >= 0.6 is 12.0 Å². The third-order valence-corrected chi connectivity index (χ3v) is 5.10. The molecule has 1 atom stereocenters. The van der Waals surface area contributed by atoms with Crippen LogP contribution in [0.15, 0.2) is 53.4 Å². The molecule has 1 unspecified atom stereocenters. The Morgan fingerprint density at radius 2 is 1.88 bits per heavy atom. The van der Waals surface area contributed by atoms with E-state index < -0.39 is 5.60 Å². The van der Waals surface area contributed by atoms with Crippen LogP contribution in [-0.2, 0) is 18.8 Å². The Bertz CT molecular complexity index is 847. The molecule has 136 valence electrons. The van der Waals surface area contributed by atoms with Crippen molar-refractivity contribution in [1.29, 1.82) is 0 Å². The molecule has 0 bridgehead atoms. The topological polar surface area (TPSA) is 70.8 Å². The highest BCUT2D eigenvalue weighted by Crippen LogP contribution is 2.43. The summed E-state index contributed by atoms with van der Waals surface area (Å²) in [5, 5.41) is 0. The number of hydrogen-bond acceptors (Lipinski definition) is 6. The summed E-state index contributed by atoms with van der Waals surface area (Å²) in [4.78, 5) is 18.6. The smallest absolute Gasteiger partial charge is 0.210 e. The van der Waals surface area contributed by atoms with Crippen molar-refractivity contribution in [2.75, 3.05) is 12.8 Å². The van der Waals surface area contributed by atoms with Gasteiger partial charge in [-0.2, -0.15) is 4.33 Å². The van der Waals surface area contributed by atoms with E-state index in [4.69, 9.17) is 14.8 Å². The van der Waals surface area contributed by atoms with Gasteiger partial charge in [0.2, 0.25) is 5.78 Å². The number of Topliss-reactive ketones (excluding diaryl/α,β-unsaturated/α-hetero) is 1. The number of nitrogen functional groups attached to an aromatic ring is 1. The van der Waals surface area contributed by atoms with Crippen LogP contribution in [0.2, 0.25) is 0 Å². The van der Waals surface area contributed by atoms with E-state index >= 15 is 0 Å². The van der Waals surface area contributed by atoms with Gasteiger partial charge >= 0.3 is 0 Å². The van der Waals surface area contributed by atoms with Gasteiger partial charge in [0, 0.05) is 16.1 Å². The second-order valence-electron chi connectivity index (χ2n) is 6.19. The van der Waals surface area contributed by atoms with Gasteiger partial charge in [0.15, 0.2) is 5.60 Å². The quantitative estimate of drug-likeness (QED) is 0.349. The average molecular weight is 371 g/mol. The molecule has 1 aliphatic heterocycles. The lowest BCUT2D eigenvalue weighted by molar-refractivity contribution is -0.160. The second-order valence-corrected chi connectivity index (χ2v) is 6.96. The standard InChI is InChI=1S/C20H21NO4S/c1-4-20(2)19(22)17(14-6-5-7-15(21)12-14)18(24-20)13-8-10-16(11-9-13)26-25-23-3/h5-12H,4,21H2,1-3H3. The Hall–Kier alpha value is -2.28. The molecule has 0 saturated carbocycles. The lowest BCUT2D eigenvalue weighted by Crippen LogP contribution is -2.32. The molecule has 0 fully saturated rings. The van der Waals surface area contributed by atoms with E-state index in [1.54, 1.807) is 12.1 Å². The molecule has 0 amide bonds. The first-order chi connectivity index (χ1) is 12.5. The van der Waals surface area contributed by atoms with Crippen molar-refractivity contribution in [1.82, 2.24) is 0 Å². The molecule has 6 heteroatoms. The van der Waals surface area contributed by atoms with E-state index in [0.717, 1.165) is 28.1 Å². The van der Waals surface area contributed by atoms with Crippen LogP contribution in [0.4, 0.5) is 5.69 Å². The summed E-state index contributed by atoms with van der Waals surface area (Å²) in [6.45, 7) is 3.77. The molecule has 26 heavy (non-hydrogen) atoms. The molecular weight excluding hydrogens is 350 g/mol. The summed E-state index contributed by atoms with van der Waals surface area (Å²) in [5.74, 6) is 0.552. The van der Waals surface area contributed by atoms with Crippen LogP contribution in [-0.4, -0.2) is 18.5 Å². The monoisotopic (exact) mass is 371 g/mol. The van der Waals surface area contributed by atoms with Gasteiger partial charge in [0.1, 0.15) is 5.76 Å². The van der Waals surface area contributed by atoms with Crippen molar-refractivity contribution >= 4 is 34.8 Å². The van der Waals surface area contributed by atoms with Crippen molar-refractivity contribution in [3.05, 3.63) is 59.7 Å². The number of anilines is 1. The highest BCUT2D eigenvalue weighted by molar-refractivity contribution is 7.94. The number of benzene rings is 2. The SMILES string of the molecule is CCC1(C)OC(c2ccc(SOOC)cc2)=C(c2cccc(N)c2)C1=O. The minimum atomic E-state index is -0.873. The number of rotatable bonds is 6. The van der Waals surface area contributed by atoms with Crippen LogP contribution in [0.5, 0.6) is 0 Å². The summed E-state index contributed by atoms with van der Waals surface area (Å²) < 4.78 is 11.0. The van der Waals surface area contributed by atoms with Crippen LogP contribution in [0, 0.1) is 0 Å². The maximum Gasteiger partial charge on any atom is 0.210 e. The Kier molecular flexibility index (Phi) is 5.36. The van der Waals surface area contributed by atoms with Gasteiger partial charge < -0.3 is 10.5 Å². The van der Waals surface area contributed by atoms with E-state index in [1.165, 1.54) is 7.11 Å². The lowest BCUT2D eigenvalue weighted by Gasteiger charge is -2.21. The van der Waals surface area contributed by atoms with Crippen molar-refractivity contribution in [2.45, 2.75) is 30.8 Å². The summed E-state index contributed by atoms with van der Waals surface area (Å²) in [6, 6.07) is 14.9. The molecule has 2 aromatic rings. The fourth-order valence-electron chi connectivity index (χ4n) is 2.82. The van der Waals surface area contributed by atoms with Gasteiger partial charge in [-0.3, -0.25) is 4.79 Å². The first-order valence-electron chi connectivity index (χ1n) is 8.30.